The zero-order valence-electron chi connectivity index (χ0n) is 20.1. The fourth-order valence-electron chi connectivity index (χ4n) is 4.82. The molecule has 0 spiro atoms. The van der Waals surface area contributed by atoms with Crippen molar-refractivity contribution in [3.63, 3.8) is 0 Å². The van der Waals surface area contributed by atoms with E-state index in [0.29, 0.717) is 41.3 Å². The standard InChI is InChI=1S/C26H30FN5O2/c1-6-18-16-32(23-13-25(33)30(4)22-10-11-24(28-3)29-26(22)23)19(7-2)15-31(18)14-17-8-9-20(34-5)12-21(17)27/h8-13,18-19H,6-7,14-16H2,1-2,4-5H3/t18-,19+/m1/s1. The van der Waals surface area contributed by atoms with Gasteiger partial charge in [0.1, 0.15) is 11.6 Å². The fourth-order valence-corrected chi connectivity index (χ4v) is 4.82. The van der Waals surface area contributed by atoms with Crippen molar-refractivity contribution >= 4 is 22.5 Å². The number of pyridine rings is 2. The first kappa shape index (κ1) is 23.7. The number of ether oxygens (including phenoxy) is 1. The molecule has 1 aliphatic heterocycles. The first-order valence-corrected chi connectivity index (χ1v) is 11.6. The number of aromatic nitrogens is 2. The highest BCUT2D eigenvalue weighted by atomic mass is 19.1. The van der Waals surface area contributed by atoms with Crippen molar-refractivity contribution in [1.82, 2.24) is 14.5 Å². The van der Waals surface area contributed by atoms with Crippen molar-refractivity contribution in [2.75, 3.05) is 25.1 Å². The van der Waals surface area contributed by atoms with Gasteiger partial charge in [-0.2, -0.15) is 0 Å². The molecule has 7 nitrogen and oxygen atoms in total. The van der Waals surface area contributed by atoms with Crippen LogP contribution in [0.4, 0.5) is 15.9 Å². The van der Waals surface area contributed by atoms with E-state index in [9.17, 15) is 9.18 Å². The van der Waals surface area contributed by atoms with E-state index in [2.05, 4.69) is 33.5 Å². The molecule has 2 aromatic heterocycles. The SMILES string of the molecule is [C-]#[N+]c1ccc2c(n1)c(N1C[C@@H](CC)N(Cc3ccc(OC)cc3F)C[C@@H]1CC)cc(=O)n2C. The second-order valence-electron chi connectivity index (χ2n) is 8.74. The summed E-state index contributed by atoms with van der Waals surface area (Å²) in [6.07, 6.45) is 1.74. The molecule has 0 unspecified atom stereocenters. The Morgan fingerprint density at radius 1 is 1.15 bits per heavy atom. The summed E-state index contributed by atoms with van der Waals surface area (Å²) in [5.74, 6) is 0.549. The van der Waals surface area contributed by atoms with Crippen LogP contribution in [0, 0.1) is 12.4 Å². The number of halogens is 1. The number of nitrogens with zero attached hydrogens (tertiary/aromatic N) is 5. The van der Waals surface area contributed by atoms with Gasteiger partial charge in [-0.15, -0.1) is 4.98 Å². The van der Waals surface area contributed by atoms with Gasteiger partial charge < -0.3 is 19.0 Å². The van der Waals surface area contributed by atoms with E-state index >= 15 is 0 Å². The Hall–Kier alpha value is -3.44. The molecule has 1 aromatic carbocycles. The summed E-state index contributed by atoms with van der Waals surface area (Å²) in [7, 11) is 3.25. The molecule has 34 heavy (non-hydrogen) atoms. The Morgan fingerprint density at radius 3 is 2.56 bits per heavy atom. The van der Waals surface area contributed by atoms with Gasteiger partial charge in [-0.25, -0.2) is 4.39 Å². The van der Waals surface area contributed by atoms with E-state index in [1.807, 2.05) is 0 Å². The highest BCUT2D eigenvalue weighted by Gasteiger charge is 2.34. The number of methoxy groups -OCH3 is 1. The molecule has 3 aromatic rings. The molecule has 8 heteroatoms. The summed E-state index contributed by atoms with van der Waals surface area (Å²) in [4.78, 5) is 25.4. The Morgan fingerprint density at radius 2 is 1.91 bits per heavy atom. The lowest BCUT2D eigenvalue weighted by Gasteiger charge is -2.47. The van der Waals surface area contributed by atoms with E-state index in [4.69, 9.17) is 11.3 Å². The molecule has 0 saturated carbocycles. The summed E-state index contributed by atoms with van der Waals surface area (Å²) in [6.45, 7) is 13.6. The molecule has 178 valence electrons. The molecule has 1 aliphatic rings. The second kappa shape index (κ2) is 9.82. The lowest BCUT2D eigenvalue weighted by atomic mass is 10.00. The lowest BCUT2D eigenvalue weighted by molar-refractivity contribution is 0.135. The third-order valence-corrected chi connectivity index (χ3v) is 6.86. The van der Waals surface area contributed by atoms with Crippen LogP contribution in [0.25, 0.3) is 15.9 Å². The highest BCUT2D eigenvalue weighted by Crippen LogP contribution is 2.32. The molecule has 4 rings (SSSR count). The average Bonchev–Trinajstić information content (AvgIpc) is 2.86. The minimum absolute atomic E-state index is 0.106. The van der Waals surface area contributed by atoms with Gasteiger partial charge >= 0.3 is 0 Å². The first-order chi connectivity index (χ1) is 16.4. The second-order valence-corrected chi connectivity index (χ2v) is 8.74. The number of fused-ring (bicyclic) bond motifs is 1. The number of anilines is 1. The van der Waals surface area contributed by atoms with Crippen LogP contribution in [0.2, 0.25) is 0 Å². The number of hydrogen-bond donors (Lipinski definition) is 0. The molecule has 3 heterocycles. The summed E-state index contributed by atoms with van der Waals surface area (Å²) < 4.78 is 21.4. The predicted molar refractivity (Wildman–Crippen MR) is 132 cm³/mol. The number of rotatable bonds is 6. The van der Waals surface area contributed by atoms with Crippen LogP contribution >= 0.6 is 0 Å². The molecule has 0 radical (unpaired) electrons. The van der Waals surface area contributed by atoms with Crippen molar-refractivity contribution < 1.29 is 9.13 Å². The van der Waals surface area contributed by atoms with Gasteiger partial charge in [0, 0.05) is 56.5 Å². The largest absolute Gasteiger partial charge is 0.497 e. The van der Waals surface area contributed by atoms with Crippen molar-refractivity contribution in [1.29, 1.82) is 0 Å². The van der Waals surface area contributed by atoms with Crippen LogP contribution in [0.3, 0.4) is 0 Å². The first-order valence-electron chi connectivity index (χ1n) is 11.6. The predicted octanol–water partition coefficient (Wildman–Crippen LogP) is 4.51. The zero-order valence-corrected chi connectivity index (χ0v) is 20.1. The minimum atomic E-state index is -0.266. The number of hydrogen-bond acceptors (Lipinski definition) is 5. The third-order valence-electron chi connectivity index (χ3n) is 6.86. The molecule has 0 bridgehead atoms. The Labute approximate surface area is 199 Å². The van der Waals surface area contributed by atoms with Crippen molar-refractivity contribution in [2.24, 2.45) is 7.05 Å². The van der Waals surface area contributed by atoms with Crippen molar-refractivity contribution in [3.05, 3.63) is 69.5 Å². The summed E-state index contributed by atoms with van der Waals surface area (Å²) in [5, 5.41) is 0. The third kappa shape index (κ3) is 4.36. The van der Waals surface area contributed by atoms with Gasteiger partial charge in [-0.3, -0.25) is 9.69 Å². The van der Waals surface area contributed by atoms with Crippen LogP contribution < -0.4 is 15.2 Å². The smallest absolute Gasteiger partial charge is 0.270 e. The van der Waals surface area contributed by atoms with Gasteiger partial charge in [0.2, 0.25) is 5.52 Å². The minimum Gasteiger partial charge on any atom is -0.497 e. The van der Waals surface area contributed by atoms with Gasteiger partial charge in [-0.1, -0.05) is 26.5 Å². The van der Waals surface area contributed by atoms with Crippen LogP contribution in [-0.4, -0.2) is 46.7 Å². The van der Waals surface area contributed by atoms with E-state index in [-0.39, 0.29) is 23.5 Å². The summed E-state index contributed by atoms with van der Waals surface area (Å²) in [5.41, 5.74) is 2.68. The molecule has 0 aliphatic carbocycles. The van der Waals surface area contributed by atoms with Gasteiger partial charge in [0.15, 0.2) is 0 Å². The Balaban J connectivity index is 1.71. The highest BCUT2D eigenvalue weighted by molar-refractivity contribution is 5.89. The van der Waals surface area contributed by atoms with Crippen molar-refractivity contribution in [2.45, 2.75) is 45.3 Å². The number of aryl methyl sites for hydroxylation is 1. The van der Waals surface area contributed by atoms with Gasteiger partial charge in [-0.05, 0) is 31.0 Å². The average molecular weight is 464 g/mol. The summed E-state index contributed by atoms with van der Waals surface area (Å²) >= 11 is 0. The number of benzene rings is 1. The number of piperazine rings is 1. The van der Waals surface area contributed by atoms with E-state index in [0.717, 1.165) is 25.1 Å². The maximum Gasteiger partial charge on any atom is 0.270 e. The van der Waals surface area contributed by atoms with Crippen LogP contribution in [-0.2, 0) is 13.6 Å². The molecular weight excluding hydrogens is 433 g/mol. The van der Waals surface area contributed by atoms with Crippen LogP contribution in [0.1, 0.15) is 32.3 Å². The Kier molecular flexibility index (Phi) is 6.85. The van der Waals surface area contributed by atoms with Crippen LogP contribution in [0.15, 0.2) is 41.2 Å². The molecule has 0 N–H and O–H groups in total. The van der Waals surface area contributed by atoms with Crippen molar-refractivity contribution in [3.8, 4) is 5.75 Å². The topological polar surface area (TPSA) is 55.0 Å². The molecule has 2 atom stereocenters. The van der Waals surface area contributed by atoms with E-state index < -0.39 is 0 Å². The maximum absolute atomic E-state index is 14.7. The van der Waals surface area contributed by atoms with Gasteiger partial charge in [0.25, 0.3) is 11.4 Å². The maximum atomic E-state index is 14.7. The Bertz CT molecular complexity index is 1300. The molecule has 0 amide bonds. The quantitative estimate of drug-likeness (QED) is 0.504. The molecular formula is C26H30FN5O2. The van der Waals surface area contributed by atoms with E-state index in [1.54, 1.807) is 41.9 Å². The summed E-state index contributed by atoms with van der Waals surface area (Å²) in [6, 6.07) is 10.4. The molecule has 1 saturated heterocycles. The lowest BCUT2D eigenvalue weighted by Crippen LogP contribution is -2.58. The normalized spacial score (nSPS) is 18.8. The zero-order chi connectivity index (χ0) is 24.4. The monoisotopic (exact) mass is 463 g/mol. The fraction of sp³-hybridized carbons (Fsp3) is 0.423. The molecule has 1 fully saturated rings. The van der Waals surface area contributed by atoms with Crippen LogP contribution in [0.5, 0.6) is 5.75 Å². The van der Waals surface area contributed by atoms with E-state index in [1.165, 1.54) is 13.2 Å². The van der Waals surface area contributed by atoms with Gasteiger partial charge in [0.05, 0.1) is 18.3 Å².